The lowest BCUT2D eigenvalue weighted by Gasteiger charge is -2.34. The van der Waals surface area contributed by atoms with Crippen molar-refractivity contribution in [2.75, 3.05) is 39.8 Å². The molecule has 2 aliphatic heterocycles. The van der Waals surface area contributed by atoms with Gasteiger partial charge >= 0.3 is 6.09 Å². The molecule has 0 saturated heterocycles. The van der Waals surface area contributed by atoms with Crippen molar-refractivity contribution >= 4 is 11.7 Å². The van der Waals surface area contributed by atoms with Crippen molar-refractivity contribution in [2.45, 2.75) is 65.3 Å². The largest absolute Gasteiger partial charge is 0.493 e. The summed E-state index contributed by atoms with van der Waals surface area (Å²) in [7, 11) is 2.03. The van der Waals surface area contributed by atoms with Crippen molar-refractivity contribution in [3.05, 3.63) is 59.8 Å². The van der Waals surface area contributed by atoms with E-state index in [4.69, 9.17) is 9.47 Å². The number of aliphatic hydroxyl groups is 1. The lowest BCUT2D eigenvalue weighted by atomic mass is 9.93. The Labute approximate surface area is 216 Å². The molecule has 0 fully saturated rings. The number of carbonyl (C=O) groups is 1. The Hall–Kier alpha value is -2.77. The number of ether oxygens (including phenoxy) is 2. The van der Waals surface area contributed by atoms with Crippen LogP contribution in [-0.2, 0) is 4.74 Å². The van der Waals surface area contributed by atoms with E-state index in [1.165, 1.54) is 0 Å². The van der Waals surface area contributed by atoms with Crippen LogP contribution in [0.15, 0.2) is 54.3 Å². The average molecular weight is 498 g/mol. The molecule has 1 aromatic carbocycles. The summed E-state index contributed by atoms with van der Waals surface area (Å²) in [6.07, 6.45) is 8.88. The predicted octanol–water partition coefficient (Wildman–Crippen LogP) is 4.89. The van der Waals surface area contributed by atoms with E-state index in [-0.39, 0.29) is 12.1 Å². The highest BCUT2D eigenvalue weighted by Crippen LogP contribution is 2.34. The lowest BCUT2D eigenvalue weighted by Crippen LogP contribution is -2.39. The molecule has 1 amide bonds. The Morgan fingerprint density at radius 3 is 2.61 bits per heavy atom. The quantitative estimate of drug-likeness (QED) is 0.584. The smallest absolute Gasteiger partial charge is 0.410 e. The van der Waals surface area contributed by atoms with E-state index in [1.54, 1.807) is 4.90 Å². The molecule has 2 unspecified atom stereocenters. The van der Waals surface area contributed by atoms with Crippen molar-refractivity contribution < 1.29 is 19.4 Å². The summed E-state index contributed by atoms with van der Waals surface area (Å²) in [6.45, 7) is 13.0. The second kappa shape index (κ2) is 12.5. The lowest BCUT2D eigenvalue weighted by molar-refractivity contribution is 0.0245. The molecule has 0 bridgehead atoms. The molecule has 1 aromatic rings. The average Bonchev–Trinajstić information content (AvgIpc) is 2.87. The Morgan fingerprint density at radius 2 is 1.94 bits per heavy atom. The molecule has 0 aliphatic carbocycles. The van der Waals surface area contributed by atoms with Crippen molar-refractivity contribution in [2.24, 2.45) is 0 Å². The van der Waals surface area contributed by atoms with Crippen molar-refractivity contribution in [1.29, 1.82) is 0 Å². The van der Waals surface area contributed by atoms with Crippen LogP contribution in [0.5, 0.6) is 5.75 Å². The maximum Gasteiger partial charge on any atom is 0.410 e. The molecule has 36 heavy (non-hydrogen) atoms. The van der Waals surface area contributed by atoms with Gasteiger partial charge in [-0.3, -0.25) is 4.90 Å². The molecule has 2 heterocycles. The third kappa shape index (κ3) is 7.14. The van der Waals surface area contributed by atoms with E-state index in [0.29, 0.717) is 26.1 Å². The zero-order valence-electron chi connectivity index (χ0n) is 22.7. The van der Waals surface area contributed by atoms with Gasteiger partial charge in [-0.25, -0.2) is 4.79 Å². The number of hydrogen-bond donors (Lipinski definition) is 1. The van der Waals surface area contributed by atoms with E-state index in [2.05, 4.69) is 37.0 Å². The van der Waals surface area contributed by atoms with Gasteiger partial charge in [0.05, 0.1) is 12.6 Å². The van der Waals surface area contributed by atoms with Gasteiger partial charge in [0.15, 0.2) is 0 Å². The maximum absolute atomic E-state index is 12.8. The molecule has 198 valence electrons. The van der Waals surface area contributed by atoms with Gasteiger partial charge in [0, 0.05) is 37.5 Å². The van der Waals surface area contributed by atoms with Crippen LogP contribution in [0.1, 0.15) is 53.0 Å². The minimum absolute atomic E-state index is 0.0295. The van der Waals surface area contributed by atoms with Gasteiger partial charge < -0.3 is 24.4 Å². The fourth-order valence-corrected chi connectivity index (χ4v) is 4.61. The van der Waals surface area contributed by atoms with E-state index in [0.717, 1.165) is 42.0 Å². The van der Waals surface area contributed by atoms with Crippen LogP contribution in [-0.4, -0.2) is 83.6 Å². The highest BCUT2D eigenvalue weighted by Gasteiger charge is 2.26. The van der Waals surface area contributed by atoms with Gasteiger partial charge in [-0.15, -0.1) is 0 Å². The SMILES string of the molecule is CCN(CC)C(O)C1=CN(C)C(/C2=C/CCN(C(=O)OC(C)(C)C)CCCOc3ccccc32)C=C1. The maximum atomic E-state index is 12.8. The second-order valence-corrected chi connectivity index (χ2v) is 10.3. The van der Waals surface area contributed by atoms with Gasteiger partial charge in [-0.2, -0.15) is 0 Å². The number of rotatable bonds is 5. The third-order valence-corrected chi connectivity index (χ3v) is 6.48. The fraction of sp³-hybridized carbons (Fsp3) is 0.552. The van der Waals surface area contributed by atoms with Crippen molar-refractivity contribution in [3.63, 3.8) is 0 Å². The number of nitrogens with zero attached hydrogens (tertiary/aromatic N) is 3. The standard InChI is InChI=1S/C29H43N3O4/c1-7-31(8-2)27(33)22-16-17-25(30(6)21-22)23-14-11-18-32(28(34)36-29(3,4)5)19-12-20-35-26-15-10-9-13-24(23)26/h9-10,13-17,21,25,27,33H,7-8,11-12,18-20H2,1-6H3/b23-14+. The summed E-state index contributed by atoms with van der Waals surface area (Å²) in [5.41, 5.74) is 2.50. The highest BCUT2D eigenvalue weighted by molar-refractivity contribution is 5.76. The van der Waals surface area contributed by atoms with Gasteiger partial charge in [-0.05, 0) is 58.3 Å². The van der Waals surface area contributed by atoms with Crippen LogP contribution in [0.3, 0.4) is 0 Å². The first-order valence-corrected chi connectivity index (χ1v) is 13.1. The number of hydrogen-bond acceptors (Lipinski definition) is 6. The molecule has 2 aliphatic rings. The summed E-state index contributed by atoms with van der Waals surface area (Å²) in [4.78, 5) is 18.7. The van der Waals surface area contributed by atoms with Crippen LogP contribution in [0.2, 0.25) is 0 Å². The monoisotopic (exact) mass is 497 g/mol. The summed E-state index contributed by atoms with van der Waals surface area (Å²) >= 11 is 0. The summed E-state index contributed by atoms with van der Waals surface area (Å²) in [6, 6.07) is 8.09. The number of para-hydroxylation sites is 1. The number of likely N-dealkylation sites (N-methyl/N-ethyl adjacent to an activating group) is 2. The minimum Gasteiger partial charge on any atom is -0.493 e. The van der Waals surface area contributed by atoms with Crippen LogP contribution < -0.4 is 4.74 Å². The van der Waals surface area contributed by atoms with Crippen LogP contribution >= 0.6 is 0 Å². The number of aliphatic hydroxyl groups excluding tert-OH is 1. The minimum atomic E-state index is -0.640. The molecular weight excluding hydrogens is 454 g/mol. The zero-order chi connectivity index (χ0) is 26.3. The summed E-state index contributed by atoms with van der Waals surface area (Å²) < 4.78 is 11.8. The number of benzene rings is 1. The molecule has 0 aromatic heterocycles. The summed E-state index contributed by atoms with van der Waals surface area (Å²) in [5.74, 6) is 0.842. The van der Waals surface area contributed by atoms with Crippen LogP contribution in [0.4, 0.5) is 4.79 Å². The molecule has 2 atom stereocenters. The van der Waals surface area contributed by atoms with Crippen LogP contribution in [0, 0.1) is 0 Å². The third-order valence-electron chi connectivity index (χ3n) is 6.48. The molecule has 0 saturated carbocycles. The molecule has 3 rings (SSSR count). The number of carbonyl (C=O) groups excluding carboxylic acids is 1. The molecule has 7 nitrogen and oxygen atoms in total. The summed E-state index contributed by atoms with van der Waals surface area (Å²) in [5, 5.41) is 10.8. The number of amides is 1. The van der Waals surface area contributed by atoms with Gasteiger partial charge in [0.25, 0.3) is 0 Å². The second-order valence-electron chi connectivity index (χ2n) is 10.3. The van der Waals surface area contributed by atoms with Gasteiger partial charge in [-0.1, -0.05) is 50.3 Å². The first-order valence-electron chi connectivity index (χ1n) is 13.1. The number of fused-ring (bicyclic) bond motifs is 1. The van der Waals surface area contributed by atoms with E-state index in [9.17, 15) is 9.90 Å². The first-order chi connectivity index (χ1) is 17.1. The zero-order valence-corrected chi connectivity index (χ0v) is 22.7. The first kappa shape index (κ1) is 27.8. The Bertz CT molecular complexity index is 975. The van der Waals surface area contributed by atoms with Crippen molar-refractivity contribution in [1.82, 2.24) is 14.7 Å². The molecular formula is C29H43N3O4. The Kier molecular flexibility index (Phi) is 9.63. The normalized spacial score (nSPS) is 21.5. The molecule has 1 N–H and O–H groups in total. The van der Waals surface area contributed by atoms with Gasteiger partial charge in [0.2, 0.25) is 0 Å². The highest BCUT2D eigenvalue weighted by atomic mass is 16.6. The van der Waals surface area contributed by atoms with Crippen molar-refractivity contribution in [3.8, 4) is 5.75 Å². The fourth-order valence-electron chi connectivity index (χ4n) is 4.61. The Balaban J connectivity index is 1.89. The molecule has 7 heteroatoms. The van der Waals surface area contributed by atoms with E-state index in [1.807, 2.05) is 63.2 Å². The topological polar surface area (TPSA) is 65.5 Å². The Morgan fingerprint density at radius 1 is 1.22 bits per heavy atom. The molecule has 0 spiro atoms. The van der Waals surface area contributed by atoms with E-state index >= 15 is 0 Å². The predicted molar refractivity (Wildman–Crippen MR) is 145 cm³/mol. The van der Waals surface area contributed by atoms with Gasteiger partial charge in [0.1, 0.15) is 17.6 Å². The van der Waals surface area contributed by atoms with Crippen LogP contribution in [0.25, 0.3) is 5.57 Å². The molecule has 0 radical (unpaired) electrons. The van der Waals surface area contributed by atoms with E-state index < -0.39 is 11.8 Å².